The van der Waals surface area contributed by atoms with Gasteiger partial charge >= 0.3 is 0 Å². The first-order valence-corrected chi connectivity index (χ1v) is 13.0. The number of pyridine rings is 1. The van der Waals surface area contributed by atoms with Crippen LogP contribution in [0.5, 0.6) is 5.75 Å². The van der Waals surface area contributed by atoms with E-state index in [1.165, 1.54) is 19.2 Å². The minimum absolute atomic E-state index is 0.127. The van der Waals surface area contributed by atoms with E-state index in [-0.39, 0.29) is 17.6 Å². The third-order valence-corrected chi connectivity index (χ3v) is 8.02. The molecule has 0 amide bonds. The van der Waals surface area contributed by atoms with Gasteiger partial charge < -0.3 is 9.47 Å². The first kappa shape index (κ1) is 23.1. The first-order chi connectivity index (χ1) is 16.3. The molecule has 0 spiro atoms. The van der Waals surface area contributed by atoms with Crippen molar-refractivity contribution in [3.63, 3.8) is 0 Å². The van der Waals surface area contributed by atoms with E-state index < -0.39 is 15.6 Å². The average Bonchev–Trinajstić information content (AvgIpc) is 3.76. The molecule has 34 heavy (non-hydrogen) atoms. The highest BCUT2D eigenvalue weighted by molar-refractivity contribution is 7.89. The minimum Gasteiger partial charge on any atom is -0.490 e. The Labute approximate surface area is 203 Å². The summed E-state index contributed by atoms with van der Waals surface area (Å²) in [7, 11) is -2.23. The molecule has 0 atom stereocenters. The number of para-hydroxylation sites is 1. The molecular weight excluding hydrogens is 476 g/mol. The van der Waals surface area contributed by atoms with Crippen molar-refractivity contribution in [2.75, 3.05) is 7.05 Å². The predicted octanol–water partition coefficient (Wildman–Crippen LogP) is 4.19. The summed E-state index contributed by atoms with van der Waals surface area (Å²) in [4.78, 5) is 0.127. The van der Waals surface area contributed by atoms with Crippen LogP contribution in [0.4, 0.5) is 0 Å². The average molecular weight is 502 g/mol. The third-order valence-electron chi connectivity index (χ3n) is 6.24. The molecule has 7 nitrogen and oxygen atoms in total. The lowest BCUT2D eigenvalue weighted by molar-refractivity contribution is -0.905. The molecule has 2 N–H and O–H groups in total. The molecule has 5 rings (SSSR count). The van der Waals surface area contributed by atoms with Crippen molar-refractivity contribution in [1.29, 1.82) is 0 Å². The fourth-order valence-electron chi connectivity index (χ4n) is 4.01. The molecule has 3 aromatic rings. The Hall–Kier alpha value is -2.65. The summed E-state index contributed by atoms with van der Waals surface area (Å²) in [6.45, 7) is 0.131. The van der Waals surface area contributed by atoms with Crippen LogP contribution in [0, 0.1) is 0 Å². The summed E-state index contributed by atoms with van der Waals surface area (Å²) in [5.41, 5.74) is 2.68. The topological polar surface area (TPSA) is 88.7 Å². The molecule has 0 unspecified atom stereocenters. The van der Waals surface area contributed by atoms with Gasteiger partial charge in [-0.15, -0.1) is 0 Å². The molecule has 1 aromatic heterocycles. The number of hydrogen-bond donors (Lipinski definition) is 2. The number of nitrogens with zero attached hydrogens (tertiary/aromatic N) is 1. The standard InChI is InChI=1S/C25H26ClN2O5S/c1-27-34(30,31)19-8-9-23(26)17(14-19)16-32-25(11-12-25)22-15-28(29)13-10-20(22)21-4-2-3-5-24(21)33-18-6-7-18/h2-5,8-10,13-15,18,27,29H,6-7,11-12,16H2,1H3/q+1. The van der Waals surface area contributed by atoms with E-state index in [0.29, 0.717) is 10.6 Å². The molecule has 2 aromatic carbocycles. The maximum absolute atomic E-state index is 12.2. The Morgan fingerprint density at radius 3 is 2.62 bits per heavy atom. The second kappa shape index (κ2) is 8.85. The number of sulfonamides is 1. The molecule has 0 bridgehead atoms. The number of ether oxygens (including phenoxy) is 2. The van der Waals surface area contributed by atoms with Crippen LogP contribution in [0.2, 0.25) is 5.02 Å². The highest BCUT2D eigenvalue weighted by atomic mass is 35.5. The van der Waals surface area contributed by atoms with Crippen LogP contribution in [-0.4, -0.2) is 26.8 Å². The maximum atomic E-state index is 12.2. The van der Waals surface area contributed by atoms with E-state index >= 15 is 0 Å². The van der Waals surface area contributed by atoms with Crippen molar-refractivity contribution in [1.82, 2.24) is 4.72 Å². The molecule has 1 heterocycles. The highest BCUT2D eigenvalue weighted by Crippen LogP contribution is 2.53. The Bertz CT molecular complexity index is 1340. The van der Waals surface area contributed by atoms with E-state index in [1.54, 1.807) is 18.5 Å². The zero-order valence-corrected chi connectivity index (χ0v) is 20.3. The Balaban J connectivity index is 1.47. The van der Waals surface area contributed by atoms with Crippen LogP contribution in [0.3, 0.4) is 0 Å². The van der Waals surface area contributed by atoms with E-state index in [4.69, 9.17) is 21.1 Å². The van der Waals surface area contributed by atoms with Gasteiger partial charge in [-0.2, -0.15) is 0 Å². The van der Waals surface area contributed by atoms with Gasteiger partial charge in [-0.3, -0.25) is 5.21 Å². The van der Waals surface area contributed by atoms with Gasteiger partial charge in [0.15, 0.2) is 0 Å². The number of aromatic nitrogens is 1. The van der Waals surface area contributed by atoms with Gasteiger partial charge in [0.1, 0.15) is 11.4 Å². The minimum atomic E-state index is -3.60. The molecule has 0 saturated heterocycles. The molecule has 178 valence electrons. The van der Waals surface area contributed by atoms with Crippen LogP contribution >= 0.6 is 11.6 Å². The summed E-state index contributed by atoms with van der Waals surface area (Å²) < 4.78 is 40.3. The third kappa shape index (κ3) is 4.63. The smallest absolute Gasteiger partial charge is 0.240 e. The number of hydrogen-bond acceptors (Lipinski definition) is 5. The summed E-state index contributed by atoms with van der Waals surface area (Å²) in [6, 6.07) is 14.3. The fourth-order valence-corrected chi connectivity index (χ4v) is 4.96. The van der Waals surface area contributed by atoms with E-state index in [9.17, 15) is 13.6 Å². The normalized spacial score (nSPS) is 16.9. The molecule has 2 fully saturated rings. The number of benzene rings is 2. The molecule has 2 saturated carbocycles. The SMILES string of the molecule is CNS(=O)(=O)c1ccc(Cl)c(COC2(c3c[n+](O)ccc3-c3ccccc3OC3CC3)CC2)c1. The van der Waals surface area contributed by atoms with E-state index in [0.717, 1.165) is 52.9 Å². The number of rotatable bonds is 9. The quantitative estimate of drug-likeness (QED) is 0.339. The van der Waals surface area contributed by atoms with Gasteiger partial charge in [-0.1, -0.05) is 29.8 Å². The Morgan fingerprint density at radius 1 is 1.15 bits per heavy atom. The monoisotopic (exact) mass is 501 g/mol. The molecule has 0 radical (unpaired) electrons. The first-order valence-electron chi connectivity index (χ1n) is 11.2. The predicted molar refractivity (Wildman–Crippen MR) is 126 cm³/mol. The lowest BCUT2D eigenvalue weighted by atomic mass is 9.96. The van der Waals surface area contributed by atoms with Gasteiger partial charge in [0, 0.05) is 26.9 Å². The summed E-state index contributed by atoms with van der Waals surface area (Å²) in [5.74, 6) is 0.811. The zero-order valence-electron chi connectivity index (χ0n) is 18.7. The van der Waals surface area contributed by atoms with Crippen LogP contribution < -0.4 is 14.2 Å². The molecule has 0 aliphatic heterocycles. The van der Waals surface area contributed by atoms with Gasteiger partial charge in [0.25, 0.3) is 0 Å². The van der Waals surface area contributed by atoms with E-state index in [1.807, 2.05) is 30.3 Å². The van der Waals surface area contributed by atoms with Crippen molar-refractivity contribution in [2.45, 2.75) is 48.9 Å². The van der Waals surface area contributed by atoms with Crippen LogP contribution in [-0.2, 0) is 27.0 Å². The van der Waals surface area contributed by atoms with Gasteiger partial charge in [-0.05, 0) is 62.6 Å². The summed E-state index contributed by atoms with van der Waals surface area (Å²) in [5, 5.41) is 10.6. The van der Waals surface area contributed by atoms with Crippen molar-refractivity contribution in [2.24, 2.45) is 0 Å². The molecule has 9 heteroatoms. The van der Waals surface area contributed by atoms with E-state index in [2.05, 4.69) is 4.72 Å². The number of halogens is 1. The number of nitrogens with one attached hydrogen (secondary N) is 1. The van der Waals surface area contributed by atoms with Crippen LogP contribution in [0.25, 0.3) is 11.1 Å². The van der Waals surface area contributed by atoms with Gasteiger partial charge in [0.05, 0.1) is 23.2 Å². The van der Waals surface area contributed by atoms with Crippen molar-refractivity contribution in [3.05, 3.63) is 77.1 Å². The van der Waals surface area contributed by atoms with Gasteiger partial charge in [0.2, 0.25) is 22.4 Å². The van der Waals surface area contributed by atoms with Crippen molar-refractivity contribution in [3.8, 4) is 16.9 Å². The summed E-state index contributed by atoms with van der Waals surface area (Å²) in [6.07, 6.45) is 7.16. The second-order valence-electron chi connectivity index (χ2n) is 8.71. The molecular formula is C25H26ClN2O5S+. The lowest BCUT2D eigenvalue weighted by Gasteiger charge is -2.20. The highest BCUT2D eigenvalue weighted by Gasteiger charge is 2.49. The van der Waals surface area contributed by atoms with Crippen LogP contribution in [0.1, 0.15) is 36.8 Å². The summed E-state index contributed by atoms with van der Waals surface area (Å²) >= 11 is 6.36. The Kier molecular flexibility index (Phi) is 6.02. The molecule has 2 aliphatic rings. The Morgan fingerprint density at radius 2 is 1.91 bits per heavy atom. The van der Waals surface area contributed by atoms with Crippen molar-refractivity contribution >= 4 is 21.6 Å². The van der Waals surface area contributed by atoms with Gasteiger partial charge in [-0.25, -0.2) is 13.1 Å². The fraction of sp³-hybridized carbons (Fsp3) is 0.320. The van der Waals surface area contributed by atoms with Crippen molar-refractivity contribution < 1.29 is 27.8 Å². The zero-order chi connectivity index (χ0) is 23.9. The lowest BCUT2D eigenvalue weighted by Crippen LogP contribution is -2.31. The molecule has 2 aliphatic carbocycles. The maximum Gasteiger partial charge on any atom is 0.240 e. The largest absolute Gasteiger partial charge is 0.490 e. The second-order valence-corrected chi connectivity index (χ2v) is 11.0. The van der Waals surface area contributed by atoms with Crippen LogP contribution in [0.15, 0.2) is 65.8 Å².